The van der Waals surface area contributed by atoms with Gasteiger partial charge in [0.2, 0.25) is 5.91 Å². The van der Waals surface area contributed by atoms with Crippen molar-refractivity contribution < 1.29 is 14.3 Å². The van der Waals surface area contributed by atoms with E-state index in [2.05, 4.69) is 10.6 Å². The summed E-state index contributed by atoms with van der Waals surface area (Å²) < 4.78 is 5.45. The highest BCUT2D eigenvalue weighted by atomic mass is 35.5. The Hall–Kier alpha value is -1.89. The van der Waals surface area contributed by atoms with Gasteiger partial charge in [-0.15, -0.1) is 0 Å². The molecule has 0 heterocycles. The van der Waals surface area contributed by atoms with Gasteiger partial charge in [0.25, 0.3) is 5.91 Å². The van der Waals surface area contributed by atoms with E-state index in [9.17, 15) is 9.59 Å². The fourth-order valence-electron chi connectivity index (χ4n) is 2.83. The second-order valence-electron chi connectivity index (χ2n) is 6.66. The normalized spacial score (nSPS) is 12.7. The number of carbonyl (C=O) groups is 2. The molecule has 0 aliphatic rings. The van der Waals surface area contributed by atoms with Crippen molar-refractivity contribution >= 4 is 46.8 Å². The molecule has 162 valence electrons. The SMILES string of the molecule is CCOc1ccc(C(C)NC(=O)C(CCSC)NC(=O)c2ccc(Cl)cc2Cl)cc1. The number of ether oxygens (including phenoxy) is 1. The predicted octanol–water partition coefficient (Wildman–Crippen LogP) is 5.12. The van der Waals surface area contributed by atoms with Crippen molar-refractivity contribution in [2.75, 3.05) is 18.6 Å². The number of carbonyl (C=O) groups excluding carboxylic acids is 2. The molecule has 0 fully saturated rings. The molecule has 2 unspecified atom stereocenters. The Balaban J connectivity index is 2.07. The van der Waals surface area contributed by atoms with Crippen LogP contribution in [0.5, 0.6) is 5.75 Å². The van der Waals surface area contributed by atoms with Crippen molar-refractivity contribution in [2.45, 2.75) is 32.4 Å². The first-order valence-corrected chi connectivity index (χ1v) is 11.8. The number of hydrogen-bond acceptors (Lipinski definition) is 4. The van der Waals surface area contributed by atoms with Gasteiger partial charge in [-0.1, -0.05) is 35.3 Å². The molecule has 0 aliphatic carbocycles. The molecule has 0 bridgehead atoms. The number of benzene rings is 2. The molecule has 0 radical (unpaired) electrons. The summed E-state index contributed by atoms with van der Waals surface area (Å²) in [5, 5.41) is 6.46. The summed E-state index contributed by atoms with van der Waals surface area (Å²) in [5.74, 6) is 0.852. The lowest BCUT2D eigenvalue weighted by atomic mass is 10.1. The maximum Gasteiger partial charge on any atom is 0.253 e. The molecule has 2 N–H and O–H groups in total. The molecule has 2 aromatic rings. The fourth-order valence-corrected chi connectivity index (χ4v) is 3.80. The van der Waals surface area contributed by atoms with Crippen LogP contribution in [0.25, 0.3) is 0 Å². The molecular formula is C22H26Cl2N2O3S. The number of halogens is 2. The molecule has 2 atom stereocenters. The number of hydrogen-bond donors (Lipinski definition) is 2. The Labute approximate surface area is 191 Å². The summed E-state index contributed by atoms with van der Waals surface area (Å²) in [6, 6.07) is 11.3. The first kappa shape index (κ1) is 24.4. The van der Waals surface area contributed by atoms with Gasteiger partial charge in [-0.25, -0.2) is 0 Å². The third kappa shape index (κ3) is 7.11. The zero-order chi connectivity index (χ0) is 22.1. The van der Waals surface area contributed by atoms with Gasteiger partial charge in [-0.05, 0) is 68.2 Å². The summed E-state index contributed by atoms with van der Waals surface area (Å²) >= 11 is 13.6. The second kappa shape index (κ2) is 12.1. The van der Waals surface area contributed by atoms with Crippen LogP contribution in [0.3, 0.4) is 0 Å². The molecule has 0 spiro atoms. The summed E-state index contributed by atoms with van der Waals surface area (Å²) in [4.78, 5) is 25.6. The average molecular weight is 469 g/mol. The van der Waals surface area contributed by atoms with Crippen LogP contribution < -0.4 is 15.4 Å². The lowest BCUT2D eigenvalue weighted by molar-refractivity contribution is -0.123. The van der Waals surface area contributed by atoms with E-state index in [0.29, 0.717) is 18.1 Å². The standard InChI is InChI=1S/C22H26Cl2N2O3S/c1-4-29-17-8-5-15(6-9-17)14(2)25-22(28)20(11-12-30-3)26-21(27)18-10-7-16(23)13-19(18)24/h5-10,13-14,20H,4,11-12H2,1-3H3,(H,25,28)(H,26,27). The van der Waals surface area contributed by atoms with Crippen molar-refractivity contribution in [1.82, 2.24) is 10.6 Å². The van der Waals surface area contributed by atoms with Gasteiger partial charge in [0.05, 0.1) is 23.2 Å². The molecule has 0 saturated carbocycles. The van der Waals surface area contributed by atoms with Gasteiger partial charge >= 0.3 is 0 Å². The van der Waals surface area contributed by atoms with Crippen molar-refractivity contribution in [2.24, 2.45) is 0 Å². The monoisotopic (exact) mass is 468 g/mol. The van der Waals surface area contributed by atoms with Gasteiger partial charge in [-0.2, -0.15) is 11.8 Å². The highest BCUT2D eigenvalue weighted by Gasteiger charge is 2.23. The number of rotatable bonds is 10. The molecule has 0 saturated heterocycles. The molecule has 5 nitrogen and oxygen atoms in total. The van der Waals surface area contributed by atoms with Gasteiger partial charge in [-0.3, -0.25) is 9.59 Å². The maximum atomic E-state index is 12.9. The van der Waals surface area contributed by atoms with Crippen LogP contribution in [0.4, 0.5) is 0 Å². The van der Waals surface area contributed by atoms with E-state index in [1.807, 2.05) is 44.4 Å². The molecular weight excluding hydrogens is 443 g/mol. The number of amides is 2. The second-order valence-corrected chi connectivity index (χ2v) is 8.49. The van der Waals surface area contributed by atoms with Crippen LogP contribution in [0.2, 0.25) is 10.0 Å². The van der Waals surface area contributed by atoms with Gasteiger partial charge in [0.15, 0.2) is 0 Å². The highest BCUT2D eigenvalue weighted by Crippen LogP contribution is 2.21. The molecule has 2 aromatic carbocycles. The maximum absolute atomic E-state index is 12.9. The summed E-state index contributed by atoms with van der Waals surface area (Å²) in [6.07, 6.45) is 2.45. The van der Waals surface area contributed by atoms with E-state index in [4.69, 9.17) is 27.9 Å². The van der Waals surface area contributed by atoms with Crippen LogP contribution >= 0.6 is 35.0 Å². The van der Waals surface area contributed by atoms with E-state index in [-0.39, 0.29) is 22.5 Å². The Morgan fingerprint density at radius 2 is 1.80 bits per heavy atom. The quantitative estimate of drug-likeness (QED) is 0.507. The van der Waals surface area contributed by atoms with Crippen LogP contribution in [-0.4, -0.2) is 36.5 Å². The smallest absolute Gasteiger partial charge is 0.253 e. The lowest BCUT2D eigenvalue weighted by Crippen LogP contribution is -2.47. The van der Waals surface area contributed by atoms with E-state index >= 15 is 0 Å². The Kier molecular flexibility index (Phi) is 9.82. The van der Waals surface area contributed by atoms with E-state index in [0.717, 1.165) is 17.1 Å². The predicted molar refractivity (Wildman–Crippen MR) is 125 cm³/mol. The molecule has 30 heavy (non-hydrogen) atoms. The molecule has 0 aromatic heterocycles. The van der Waals surface area contributed by atoms with E-state index in [1.54, 1.807) is 23.9 Å². The van der Waals surface area contributed by atoms with Crippen LogP contribution in [0.15, 0.2) is 42.5 Å². The van der Waals surface area contributed by atoms with Gasteiger partial charge in [0, 0.05) is 5.02 Å². The zero-order valence-corrected chi connectivity index (χ0v) is 19.5. The lowest BCUT2D eigenvalue weighted by Gasteiger charge is -2.22. The van der Waals surface area contributed by atoms with Crippen molar-refractivity contribution in [1.29, 1.82) is 0 Å². The van der Waals surface area contributed by atoms with E-state index < -0.39 is 11.9 Å². The average Bonchev–Trinajstić information content (AvgIpc) is 2.71. The molecule has 2 rings (SSSR count). The minimum absolute atomic E-state index is 0.221. The van der Waals surface area contributed by atoms with Crippen LogP contribution in [-0.2, 0) is 4.79 Å². The summed E-state index contributed by atoms with van der Waals surface area (Å²) in [6.45, 7) is 4.42. The summed E-state index contributed by atoms with van der Waals surface area (Å²) in [5.41, 5.74) is 1.23. The Bertz CT molecular complexity index is 862. The van der Waals surface area contributed by atoms with Crippen LogP contribution in [0, 0.1) is 0 Å². The third-order valence-electron chi connectivity index (χ3n) is 4.46. The molecule has 8 heteroatoms. The van der Waals surface area contributed by atoms with Crippen molar-refractivity contribution in [3.63, 3.8) is 0 Å². The number of thioether (sulfide) groups is 1. The summed E-state index contributed by atoms with van der Waals surface area (Å²) in [7, 11) is 0. The first-order valence-electron chi connectivity index (χ1n) is 9.63. The van der Waals surface area contributed by atoms with Gasteiger partial charge < -0.3 is 15.4 Å². The topological polar surface area (TPSA) is 67.4 Å². The highest BCUT2D eigenvalue weighted by molar-refractivity contribution is 7.98. The fraction of sp³-hybridized carbons (Fsp3) is 0.364. The van der Waals surface area contributed by atoms with Crippen LogP contribution in [0.1, 0.15) is 42.2 Å². The van der Waals surface area contributed by atoms with E-state index in [1.165, 1.54) is 6.07 Å². The molecule has 2 amide bonds. The molecule has 0 aliphatic heterocycles. The first-order chi connectivity index (χ1) is 14.3. The minimum atomic E-state index is -0.679. The minimum Gasteiger partial charge on any atom is -0.494 e. The van der Waals surface area contributed by atoms with Crippen molar-refractivity contribution in [3.8, 4) is 5.75 Å². The van der Waals surface area contributed by atoms with Crippen molar-refractivity contribution in [3.05, 3.63) is 63.6 Å². The number of nitrogens with one attached hydrogen (secondary N) is 2. The third-order valence-corrected chi connectivity index (χ3v) is 5.65. The zero-order valence-electron chi connectivity index (χ0n) is 17.2. The van der Waals surface area contributed by atoms with Gasteiger partial charge in [0.1, 0.15) is 11.8 Å². The Morgan fingerprint density at radius 1 is 1.10 bits per heavy atom. The Morgan fingerprint density at radius 3 is 2.40 bits per heavy atom. The largest absolute Gasteiger partial charge is 0.494 e.